The number of hydrogen-bond donors (Lipinski definition) is 1. The molecule has 6 heteroatoms. The molecule has 1 N–H and O–H groups in total. The van der Waals surface area contributed by atoms with Crippen molar-refractivity contribution in [2.75, 3.05) is 0 Å². The summed E-state index contributed by atoms with van der Waals surface area (Å²) >= 11 is 2.93. The van der Waals surface area contributed by atoms with Gasteiger partial charge < -0.3 is 5.11 Å². The Labute approximate surface area is 121 Å². The van der Waals surface area contributed by atoms with Gasteiger partial charge in [-0.25, -0.2) is 4.98 Å². The summed E-state index contributed by atoms with van der Waals surface area (Å²) in [6.45, 7) is 10.3. The minimum atomic E-state index is -0.570. The molecule has 0 saturated heterocycles. The molecule has 0 bridgehead atoms. The van der Waals surface area contributed by atoms with Gasteiger partial charge in [-0.2, -0.15) is 0 Å². The quantitative estimate of drug-likeness (QED) is 0.945. The second kappa shape index (κ2) is 5.26. The fourth-order valence-electron chi connectivity index (χ4n) is 1.82. The van der Waals surface area contributed by atoms with E-state index in [4.69, 9.17) is 0 Å². The molecule has 1 atom stereocenters. The van der Waals surface area contributed by atoms with Gasteiger partial charge in [0.2, 0.25) is 0 Å². The highest BCUT2D eigenvalue weighted by Crippen LogP contribution is 2.32. The molecule has 0 saturated carbocycles. The van der Waals surface area contributed by atoms with E-state index in [-0.39, 0.29) is 5.41 Å². The van der Waals surface area contributed by atoms with Crippen LogP contribution in [0.3, 0.4) is 0 Å². The highest BCUT2D eigenvalue weighted by atomic mass is 32.1. The van der Waals surface area contributed by atoms with Gasteiger partial charge in [0.25, 0.3) is 0 Å². The number of aryl methyl sites for hydroxylation is 2. The lowest BCUT2D eigenvalue weighted by molar-refractivity contribution is 0.179. The van der Waals surface area contributed by atoms with Gasteiger partial charge >= 0.3 is 0 Å². The number of nitrogens with zero attached hydrogens (tertiary/aromatic N) is 3. The van der Waals surface area contributed by atoms with Crippen molar-refractivity contribution in [3.8, 4) is 0 Å². The molecule has 0 aromatic carbocycles. The van der Waals surface area contributed by atoms with Crippen LogP contribution in [0.15, 0.2) is 0 Å². The molecule has 0 fully saturated rings. The summed E-state index contributed by atoms with van der Waals surface area (Å²) in [7, 11) is 0. The van der Waals surface area contributed by atoms with Gasteiger partial charge in [-0.3, -0.25) is 0 Å². The average Bonchev–Trinajstić information content (AvgIpc) is 2.86. The molecule has 104 valence electrons. The minimum absolute atomic E-state index is 0.0992. The van der Waals surface area contributed by atoms with Crippen LogP contribution in [0.25, 0.3) is 0 Å². The van der Waals surface area contributed by atoms with Gasteiger partial charge in [0, 0.05) is 16.7 Å². The van der Waals surface area contributed by atoms with Crippen LogP contribution in [0.5, 0.6) is 0 Å². The lowest BCUT2D eigenvalue weighted by Crippen LogP contribution is -2.16. The molecule has 4 nitrogen and oxygen atoms in total. The van der Waals surface area contributed by atoms with E-state index in [1.54, 1.807) is 11.3 Å². The largest absolute Gasteiger partial charge is 0.387 e. The first-order valence-electron chi connectivity index (χ1n) is 6.22. The third kappa shape index (κ3) is 3.19. The summed E-state index contributed by atoms with van der Waals surface area (Å²) in [5.74, 6) is 0. The van der Waals surface area contributed by atoms with E-state index in [9.17, 15) is 5.11 Å². The summed E-state index contributed by atoms with van der Waals surface area (Å²) < 4.78 is 3.99. The van der Waals surface area contributed by atoms with Crippen LogP contribution in [0.2, 0.25) is 0 Å². The molecular weight excluding hydrogens is 278 g/mol. The summed E-state index contributed by atoms with van der Waals surface area (Å²) in [5.41, 5.74) is 1.83. The zero-order valence-corrected chi connectivity index (χ0v) is 13.5. The number of hydrogen-bond acceptors (Lipinski definition) is 6. The highest BCUT2D eigenvalue weighted by Gasteiger charge is 2.27. The molecule has 2 heterocycles. The number of aliphatic hydroxyl groups excluding tert-OH is 1. The summed E-state index contributed by atoms with van der Waals surface area (Å²) in [4.78, 5) is 6.54. The lowest BCUT2D eigenvalue weighted by Gasteiger charge is -2.18. The normalized spacial score (nSPS) is 13.8. The molecular formula is C13H19N3OS2. The smallest absolute Gasteiger partial charge is 0.0980 e. The molecule has 2 rings (SSSR count). The first kappa shape index (κ1) is 14.6. The van der Waals surface area contributed by atoms with Crippen molar-refractivity contribution in [2.45, 2.75) is 52.6 Å². The Kier molecular flexibility index (Phi) is 4.03. The van der Waals surface area contributed by atoms with Crippen molar-refractivity contribution >= 4 is 22.9 Å². The minimum Gasteiger partial charge on any atom is -0.387 e. The molecule has 1 unspecified atom stereocenters. The lowest BCUT2D eigenvalue weighted by atomic mass is 9.90. The molecule has 2 aromatic heterocycles. The third-order valence-electron chi connectivity index (χ3n) is 2.97. The van der Waals surface area contributed by atoms with Crippen molar-refractivity contribution in [2.24, 2.45) is 0 Å². The molecule has 0 spiro atoms. The van der Waals surface area contributed by atoms with Gasteiger partial charge in [0.15, 0.2) is 0 Å². The van der Waals surface area contributed by atoms with E-state index in [0.29, 0.717) is 6.42 Å². The molecule has 0 amide bonds. The van der Waals surface area contributed by atoms with Crippen LogP contribution in [-0.2, 0) is 11.8 Å². The van der Waals surface area contributed by atoms with Crippen LogP contribution in [0.1, 0.15) is 53.0 Å². The Hall–Kier alpha value is -0.850. The van der Waals surface area contributed by atoms with Crippen LogP contribution in [-0.4, -0.2) is 19.7 Å². The summed E-state index contributed by atoms with van der Waals surface area (Å²) in [5, 5.41) is 15.5. The fraction of sp³-hybridized carbons (Fsp3) is 0.615. The van der Waals surface area contributed by atoms with Crippen molar-refractivity contribution in [1.82, 2.24) is 14.6 Å². The highest BCUT2D eigenvalue weighted by molar-refractivity contribution is 7.11. The number of aliphatic hydroxyl groups is 1. The molecule has 2 aromatic rings. The first-order valence-corrected chi connectivity index (χ1v) is 7.81. The average molecular weight is 297 g/mol. The van der Waals surface area contributed by atoms with Gasteiger partial charge in [-0.05, 0) is 25.4 Å². The zero-order valence-electron chi connectivity index (χ0n) is 11.9. The maximum atomic E-state index is 10.4. The summed E-state index contributed by atoms with van der Waals surface area (Å²) in [6.07, 6.45) is -0.0362. The van der Waals surface area contributed by atoms with Gasteiger partial charge in [-0.1, -0.05) is 25.3 Å². The maximum absolute atomic E-state index is 10.4. The van der Waals surface area contributed by atoms with Gasteiger partial charge in [0.1, 0.15) is 0 Å². The van der Waals surface area contributed by atoms with E-state index in [1.807, 2.05) is 6.92 Å². The van der Waals surface area contributed by atoms with Gasteiger partial charge in [-0.15, -0.1) is 16.4 Å². The third-order valence-corrected chi connectivity index (χ3v) is 4.89. The summed E-state index contributed by atoms with van der Waals surface area (Å²) in [6, 6.07) is 0. The van der Waals surface area contributed by atoms with E-state index in [2.05, 4.69) is 42.3 Å². The number of thiazole rings is 1. The van der Waals surface area contributed by atoms with E-state index >= 15 is 0 Å². The molecule has 0 aliphatic carbocycles. The molecule has 0 aliphatic rings. The van der Waals surface area contributed by atoms with E-state index in [0.717, 1.165) is 21.3 Å². The molecule has 0 aliphatic heterocycles. The maximum Gasteiger partial charge on any atom is 0.0980 e. The predicted octanol–water partition coefficient (Wildman–Crippen LogP) is 3.19. The Balaban J connectivity index is 2.21. The molecule has 0 radical (unpaired) electrons. The van der Waals surface area contributed by atoms with Crippen LogP contribution < -0.4 is 0 Å². The Morgan fingerprint density at radius 3 is 2.47 bits per heavy atom. The van der Waals surface area contributed by atoms with Crippen molar-refractivity contribution in [1.29, 1.82) is 0 Å². The first-order chi connectivity index (χ1) is 8.79. The van der Waals surface area contributed by atoms with E-state index in [1.165, 1.54) is 16.4 Å². The Morgan fingerprint density at radius 2 is 1.95 bits per heavy atom. The number of aromatic nitrogens is 3. The van der Waals surface area contributed by atoms with Crippen LogP contribution >= 0.6 is 22.9 Å². The van der Waals surface area contributed by atoms with Crippen molar-refractivity contribution in [3.63, 3.8) is 0 Å². The van der Waals surface area contributed by atoms with Crippen molar-refractivity contribution < 1.29 is 5.11 Å². The standard InChI is InChI=1S/C13H19N3OS2/c1-7-8(2)18-10(14-7)6-9(17)11-12(13(3,4)5)15-16-19-11/h9,17H,6H2,1-5H3. The van der Waals surface area contributed by atoms with Gasteiger partial charge in [0.05, 0.1) is 27.4 Å². The topological polar surface area (TPSA) is 58.9 Å². The van der Waals surface area contributed by atoms with Crippen LogP contribution in [0.4, 0.5) is 0 Å². The predicted molar refractivity (Wildman–Crippen MR) is 78.9 cm³/mol. The fourth-order valence-corrected chi connectivity index (χ4v) is 3.64. The second-order valence-corrected chi connectivity index (χ2v) is 7.78. The SMILES string of the molecule is Cc1nc(CC(O)c2snnc2C(C)(C)C)sc1C. The molecule has 19 heavy (non-hydrogen) atoms. The number of rotatable bonds is 3. The Bertz CT molecular complexity index is 549. The van der Waals surface area contributed by atoms with Crippen LogP contribution in [0, 0.1) is 13.8 Å². The zero-order chi connectivity index (χ0) is 14.2. The van der Waals surface area contributed by atoms with E-state index < -0.39 is 6.10 Å². The second-order valence-electron chi connectivity index (χ2n) is 5.70. The Morgan fingerprint density at radius 1 is 1.26 bits per heavy atom. The van der Waals surface area contributed by atoms with Crippen molar-refractivity contribution in [3.05, 3.63) is 26.1 Å². The monoisotopic (exact) mass is 297 g/mol.